The Bertz CT molecular complexity index is 657. The zero-order chi connectivity index (χ0) is 13.5. The van der Waals surface area contributed by atoms with Crippen LogP contribution in [-0.2, 0) is 5.41 Å². The molecule has 2 aromatic carbocycles. The van der Waals surface area contributed by atoms with Crippen molar-refractivity contribution >= 4 is 10.8 Å². The third-order valence-corrected chi connectivity index (χ3v) is 2.87. The molecule has 17 heavy (non-hydrogen) atoms. The molecule has 0 unspecified atom stereocenters. The highest BCUT2D eigenvalue weighted by Gasteiger charge is 2.19. The Morgan fingerprint density at radius 2 is 2.00 bits per heavy atom. The van der Waals surface area contributed by atoms with Crippen LogP contribution in [0, 0.1) is 18.2 Å². The molecule has 0 heterocycles. The lowest BCUT2D eigenvalue weighted by Gasteiger charge is -2.22. The molecule has 0 fully saturated rings. The van der Waals surface area contributed by atoms with E-state index in [-0.39, 0.29) is 11.0 Å². The predicted octanol–water partition coefficient (Wildman–Crippen LogP) is 4.26. The average Bonchev–Trinajstić information content (AvgIpc) is 2.27. The minimum absolute atomic E-state index is 0.147. The quantitative estimate of drug-likeness (QED) is 0.590. The van der Waals surface area contributed by atoms with Crippen LogP contribution in [0.3, 0.4) is 0 Å². The molecule has 0 aliphatic rings. The van der Waals surface area contributed by atoms with Gasteiger partial charge in [0.25, 0.3) is 0 Å². The first-order chi connectivity index (χ1) is 8.36. The van der Waals surface area contributed by atoms with Crippen molar-refractivity contribution in [3.05, 3.63) is 47.3 Å². The lowest BCUT2D eigenvalue weighted by atomic mass is 9.82. The predicted molar refractivity (Wildman–Crippen MR) is 70.5 cm³/mol. The van der Waals surface area contributed by atoms with E-state index in [1.807, 2.05) is 6.07 Å². The summed E-state index contributed by atoms with van der Waals surface area (Å²) in [6, 6.07) is 6.94. The van der Waals surface area contributed by atoms with Crippen molar-refractivity contribution in [1.29, 1.82) is 0 Å². The van der Waals surface area contributed by atoms with Gasteiger partial charge in [0.05, 0.1) is 6.93 Å². The maximum absolute atomic E-state index is 13.8. The van der Waals surface area contributed by atoms with Gasteiger partial charge in [-0.3, -0.25) is 0 Å². The minimum atomic E-state index is -0.402. The van der Waals surface area contributed by atoms with Crippen LogP contribution in [0.15, 0.2) is 30.3 Å². The summed E-state index contributed by atoms with van der Waals surface area (Å²) in [4.78, 5) is 0. The largest absolute Gasteiger partial charge is 0.206 e. The second-order valence-electron chi connectivity index (χ2n) is 5.13. The smallest absolute Gasteiger partial charge is 0.139 e. The number of terminal acetylenes is 1. The van der Waals surface area contributed by atoms with Gasteiger partial charge in [0.15, 0.2) is 0 Å². The summed E-state index contributed by atoms with van der Waals surface area (Å²) in [6.45, 7) is 6.16. The van der Waals surface area contributed by atoms with Crippen LogP contribution in [0.5, 0.6) is 0 Å². The Hall–Kier alpha value is -1.81. The summed E-state index contributed by atoms with van der Waals surface area (Å²) in [5.74, 6) is 2.02. The highest BCUT2D eigenvalue weighted by Crippen LogP contribution is 2.32. The standard InChI is InChI=1S/C16H15F/c1-5-12-14(17)10-9-11-7-6-8-13(15(11)12)16(2,3)4/h1,6-10H,2-4H3/i7D. The van der Waals surface area contributed by atoms with E-state index < -0.39 is 5.82 Å². The van der Waals surface area contributed by atoms with E-state index in [9.17, 15) is 4.39 Å². The van der Waals surface area contributed by atoms with Crippen molar-refractivity contribution < 1.29 is 5.76 Å². The van der Waals surface area contributed by atoms with Gasteiger partial charge in [0.2, 0.25) is 0 Å². The number of rotatable bonds is 0. The lowest BCUT2D eigenvalue weighted by Crippen LogP contribution is -2.12. The van der Waals surface area contributed by atoms with E-state index in [4.69, 9.17) is 7.79 Å². The number of hydrogen-bond donors (Lipinski definition) is 0. The van der Waals surface area contributed by atoms with Crippen molar-refractivity contribution in [3.63, 3.8) is 0 Å². The Morgan fingerprint density at radius 1 is 1.29 bits per heavy atom. The van der Waals surface area contributed by atoms with Gasteiger partial charge in [-0.2, -0.15) is 0 Å². The molecule has 1 heteroatoms. The van der Waals surface area contributed by atoms with Crippen molar-refractivity contribution in [2.75, 3.05) is 0 Å². The normalized spacial score (nSPS) is 12.3. The first-order valence-electron chi connectivity index (χ1n) is 6.05. The molecule has 2 aromatic rings. The summed E-state index contributed by atoms with van der Waals surface area (Å²) >= 11 is 0. The fourth-order valence-electron chi connectivity index (χ4n) is 2.04. The zero-order valence-electron chi connectivity index (χ0n) is 11.3. The third-order valence-electron chi connectivity index (χ3n) is 2.87. The van der Waals surface area contributed by atoms with Gasteiger partial charge in [-0.15, -0.1) is 6.42 Å². The van der Waals surface area contributed by atoms with Gasteiger partial charge in [-0.1, -0.05) is 50.9 Å². The van der Waals surface area contributed by atoms with Crippen LogP contribution in [0.25, 0.3) is 10.8 Å². The molecule has 0 radical (unpaired) electrons. The molecule has 0 bridgehead atoms. The fourth-order valence-corrected chi connectivity index (χ4v) is 2.04. The molecule has 0 N–H and O–H groups in total. The van der Waals surface area contributed by atoms with E-state index in [2.05, 4.69) is 26.7 Å². The third kappa shape index (κ3) is 1.91. The van der Waals surface area contributed by atoms with Crippen LogP contribution >= 0.6 is 0 Å². The van der Waals surface area contributed by atoms with Crippen LogP contribution in [0.4, 0.5) is 4.39 Å². The summed E-state index contributed by atoms with van der Waals surface area (Å²) in [5.41, 5.74) is 1.08. The molecule has 86 valence electrons. The number of benzene rings is 2. The lowest BCUT2D eigenvalue weighted by molar-refractivity contribution is 0.594. The van der Waals surface area contributed by atoms with E-state index in [0.717, 1.165) is 5.56 Å². The van der Waals surface area contributed by atoms with Gasteiger partial charge in [0.1, 0.15) is 5.82 Å². The number of fused-ring (bicyclic) bond motifs is 1. The van der Waals surface area contributed by atoms with Gasteiger partial charge in [-0.25, -0.2) is 4.39 Å². The SMILES string of the molecule is [2H]c1ccc(C(C)(C)C)c2c(C#C)c(F)ccc12. The van der Waals surface area contributed by atoms with E-state index in [1.54, 1.807) is 12.1 Å². The first kappa shape index (κ1) is 10.4. The monoisotopic (exact) mass is 227 g/mol. The molecule has 0 nitrogen and oxygen atoms in total. The molecular formula is C16H15F. The topological polar surface area (TPSA) is 0 Å². The van der Waals surface area contributed by atoms with Crippen molar-refractivity contribution in [2.45, 2.75) is 26.2 Å². The van der Waals surface area contributed by atoms with E-state index in [1.165, 1.54) is 6.07 Å². The van der Waals surface area contributed by atoms with Crippen molar-refractivity contribution in [2.24, 2.45) is 0 Å². The Balaban J connectivity index is 3.03. The second kappa shape index (κ2) is 3.89. The molecule has 2 rings (SSSR count). The summed E-state index contributed by atoms with van der Waals surface area (Å²) in [5, 5.41) is 1.40. The highest BCUT2D eigenvalue weighted by molar-refractivity contribution is 5.92. The van der Waals surface area contributed by atoms with Crippen LogP contribution in [-0.4, -0.2) is 0 Å². The summed E-state index contributed by atoms with van der Waals surface area (Å²) < 4.78 is 21.7. The molecule has 0 amide bonds. The van der Waals surface area contributed by atoms with Crippen LogP contribution in [0.1, 0.15) is 33.3 Å². The number of hydrogen-bond acceptors (Lipinski definition) is 0. The molecule has 0 spiro atoms. The molecule has 0 aliphatic heterocycles. The molecule has 0 atom stereocenters. The molecule has 0 saturated carbocycles. The van der Waals surface area contributed by atoms with Crippen molar-refractivity contribution in [3.8, 4) is 12.3 Å². The second-order valence-corrected chi connectivity index (χ2v) is 5.13. The van der Waals surface area contributed by atoms with Gasteiger partial charge >= 0.3 is 0 Å². The summed E-state index contributed by atoms with van der Waals surface area (Å²) in [7, 11) is 0. The maximum atomic E-state index is 13.8. The Labute approximate surface area is 103 Å². The highest BCUT2D eigenvalue weighted by atomic mass is 19.1. The van der Waals surface area contributed by atoms with Gasteiger partial charge in [-0.05, 0) is 22.4 Å². The van der Waals surface area contributed by atoms with E-state index >= 15 is 0 Å². The van der Waals surface area contributed by atoms with Gasteiger partial charge in [0, 0.05) is 5.39 Å². The maximum Gasteiger partial charge on any atom is 0.139 e. The van der Waals surface area contributed by atoms with Crippen molar-refractivity contribution in [1.82, 2.24) is 0 Å². The summed E-state index contributed by atoms with van der Waals surface area (Å²) in [6.07, 6.45) is 5.43. The van der Waals surface area contributed by atoms with E-state index in [0.29, 0.717) is 16.8 Å². The Kier molecular flexibility index (Phi) is 2.37. The number of halogens is 1. The van der Waals surface area contributed by atoms with Crippen LogP contribution < -0.4 is 0 Å². The molecule has 0 aliphatic carbocycles. The van der Waals surface area contributed by atoms with Gasteiger partial charge < -0.3 is 0 Å². The minimum Gasteiger partial charge on any atom is -0.206 e. The molecular weight excluding hydrogens is 211 g/mol. The first-order valence-corrected chi connectivity index (χ1v) is 5.55. The Morgan fingerprint density at radius 3 is 2.59 bits per heavy atom. The fraction of sp³-hybridized carbons (Fsp3) is 0.250. The molecule has 0 aromatic heterocycles. The average molecular weight is 227 g/mol. The molecule has 0 saturated heterocycles. The van der Waals surface area contributed by atoms with Crippen LogP contribution in [0.2, 0.25) is 0 Å². The zero-order valence-corrected chi connectivity index (χ0v) is 10.3.